The van der Waals surface area contributed by atoms with E-state index in [1.807, 2.05) is 12.1 Å². The number of benzene rings is 1. The van der Waals surface area contributed by atoms with Gasteiger partial charge in [0.05, 0.1) is 25.8 Å². The Balaban J connectivity index is 0.00000243. The van der Waals surface area contributed by atoms with Crippen LogP contribution in [0.25, 0.3) is 0 Å². The maximum Gasteiger partial charge on any atom is 0.191 e. The van der Waals surface area contributed by atoms with Crippen molar-refractivity contribution in [2.45, 2.75) is 25.8 Å². The molecule has 1 aromatic carbocycles. The number of guanidine groups is 1. The second-order valence-corrected chi connectivity index (χ2v) is 7.20. The average Bonchev–Trinajstić information content (AvgIpc) is 3.45. The molecule has 0 radical (unpaired) electrons. The molecule has 26 heavy (non-hydrogen) atoms. The minimum Gasteiger partial charge on any atom is -0.379 e. The lowest BCUT2D eigenvalue weighted by Crippen LogP contribution is -2.42. The highest BCUT2D eigenvalue weighted by molar-refractivity contribution is 14.0. The van der Waals surface area contributed by atoms with Crippen LogP contribution >= 0.6 is 35.6 Å². The fourth-order valence-corrected chi connectivity index (χ4v) is 3.32. The lowest BCUT2D eigenvalue weighted by Gasteiger charge is -2.34. The Morgan fingerprint density at radius 2 is 2.08 bits per heavy atom. The van der Waals surface area contributed by atoms with Crippen LogP contribution in [-0.2, 0) is 4.74 Å². The normalized spacial score (nSPS) is 19.5. The molecule has 5 nitrogen and oxygen atoms in total. The molecule has 2 N–H and O–H groups in total. The van der Waals surface area contributed by atoms with Crippen molar-refractivity contribution in [2.24, 2.45) is 10.9 Å². The molecule has 1 saturated carbocycles. The summed E-state index contributed by atoms with van der Waals surface area (Å²) in [5.74, 6) is 1.74. The van der Waals surface area contributed by atoms with Crippen molar-refractivity contribution < 1.29 is 4.74 Å². The Kier molecular flexibility index (Phi) is 9.45. The summed E-state index contributed by atoms with van der Waals surface area (Å²) >= 11 is 6.23. The molecule has 1 aromatic rings. The van der Waals surface area contributed by atoms with Crippen molar-refractivity contribution in [3.63, 3.8) is 0 Å². The molecule has 146 valence electrons. The van der Waals surface area contributed by atoms with E-state index in [1.165, 1.54) is 18.4 Å². The number of hydrogen-bond acceptors (Lipinski definition) is 3. The van der Waals surface area contributed by atoms with Gasteiger partial charge in [-0.2, -0.15) is 0 Å². The predicted molar refractivity (Wildman–Crippen MR) is 119 cm³/mol. The zero-order chi connectivity index (χ0) is 17.5. The fraction of sp³-hybridized carbons (Fsp3) is 0.632. The van der Waals surface area contributed by atoms with Gasteiger partial charge in [0, 0.05) is 31.2 Å². The van der Waals surface area contributed by atoms with Gasteiger partial charge in [0.2, 0.25) is 0 Å². The quantitative estimate of drug-likeness (QED) is 0.348. The third-order valence-corrected chi connectivity index (χ3v) is 4.98. The molecule has 1 aliphatic carbocycles. The van der Waals surface area contributed by atoms with Crippen molar-refractivity contribution >= 4 is 41.5 Å². The minimum absolute atomic E-state index is 0. The van der Waals surface area contributed by atoms with Gasteiger partial charge in [-0.05, 0) is 43.4 Å². The number of hydrogen-bond donors (Lipinski definition) is 2. The maximum atomic E-state index is 6.23. The second kappa shape index (κ2) is 11.3. The van der Waals surface area contributed by atoms with Crippen molar-refractivity contribution in [2.75, 3.05) is 45.9 Å². The third kappa shape index (κ3) is 6.87. The van der Waals surface area contributed by atoms with Gasteiger partial charge in [-0.1, -0.05) is 23.7 Å². The predicted octanol–water partition coefficient (Wildman–Crippen LogP) is 3.30. The summed E-state index contributed by atoms with van der Waals surface area (Å²) in [5.41, 5.74) is 1.22. The van der Waals surface area contributed by atoms with E-state index in [1.54, 1.807) is 0 Å². The standard InChI is InChI=1S/C19H29ClN4O.HI/c1-2-21-19(22-13-15-6-7-15)23-14-18(24-8-10-25-11-9-24)16-4-3-5-17(20)12-16;/h3-5,12,15,18H,2,6-11,13-14H2,1H3,(H2,21,22,23);1H. The summed E-state index contributed by atoms with van der Waals surface area (Å²) in [5, 5.41) is 7.61. The molecule has 0 spiro atoms. The maximum absolute atomic E-state index is 6.23. The van der Waals surface area contributed by atoms with Crippen LogP contribution < -0.4 is 10.6 Å². The Labute approximate surface area is 178 Å². The zero-order valence-electron chi connectivity index (χ0n) is 15.4. The molecule has 2 fully saturated rings. The molecule has 3 rings (SSSR count). The Morgan fingerprint density at radius 1 is 1.31 bits per heavy atom. The summed E-state index contributed by atoms with van der Waals surface area (Å²) in [7, 11) is 0. The summed E-state index contributed by atoms with van der Waals surface area (Å²) in [4.78, 5) is 7.31. The molecule has 1 aliphatic heterocycles. The third-order valence-electron chi connectivity index (χ3n) is 4.74. The van der Waals surface area contributed by atoms with Crippen LogP contribution in [0.5, 0.6) is 0 Å². The van der Waals surface area contributed by atoms with E-state index < -0.39 is 0 Å². The van der Waals surface area contributed by atoms with Gasteiger partial charge in [0.1, 0.15) is 0 Å². The van der Waals surface area contributed by atoms with Crippen LogP contribution in [0.2, 0.25) is 5.02 Å². The van der Waals surface area contributed by atoms with Crippen LogP contribution in [0.1, 0.15) is 31.4 Å². The number of rotatable bonds is 7. The second-order valence-electron chi connectivity index (χ2n) is 6.76. The Bertz CT molecular complexity index is 576. The summed E-state index contributed by atoms with van der Waals surface area (Å²) in [6.07, 6.45) is 2.68. The van der Waals surface area contributed by atoms with Crippen LogP contribution in [0.4, 0.5) is 0 Å². The number of ether oxygens (including phenoxy) is 1. The first-order valence-corrected chi connectivity index (χ1v) is 9.73. The van der Waals surface area contributed by atoms with E-state index in [4.69, 9.17) is 21.3 Å². The van der Waals surface area contributed by atoms with Crippen molar-refractivity contribution in [1.82, 2.24) is 15.5 Å². The highest BCUT2D eigenvalue weighted by Gasteiger charge is 2.24. The van der Waals surface area contributed by atoms with Crippen LogP contribution in [-0.4, -0.2) is 56.8 Å². The van der Waals surface area contributed by atoms with E-state index in [9.17, 15) is 0 Å². The molecular weight excluding hydrogens is 463 g/mol. The van der Waals surface area contributed by atoms with E-state index in [0.717, 1.165) is 56.3 Å². The van der Waals surface area contributed by atoms with Gasteiger partial charge < -0.3 is 15.4 Å². The summed E-state index contributed by atoms with van der Waals surface area (Å²) in [6.45, 7) is 8.12. The first-order chi connectivity index (χ1) is 12.3. The topological polar surface area (TPSA) is 48.9 Å². The lowest BCUT2D eigenvalue weighted by atomic mass is 10.0. The van der Waals surface area contributed by atoms with Gasteiger partial charge in [0.15, 0.2) is 5.96 Å². The summed E-state index contributed by atoms with van der Waals surface area (Å²) in [6, 6.07) is 8.37. The van der Waals surface area contributed by atoms with E-state index in [0.29, 0.717) is 6.54 Å². The number of halogens is 2. The number of nitrogens with one attached hydrogen (secondary N) is 2. The molecule has 0 bridgehead atoms. The average molecular weight is 493 g/mol. The molecule has 7 heteroatoms. The van der Waals surface area contributed by atoms with Crippen LogP contribution in [0.15, 0.2) is 29.3 Å². The molecule has 1 unspecified atom stereocenters. The molecule has 1 heterocycles. The van der Waals surface area contributed by atoms with Gasteiger partial charge in [-0.3, -0.25) is 9.89 Å². The first-order valence-electron chi connectivity index (χ1n) is 9.35. The Hall–Kier alpha value is -0.570. The molecule has 1 atom stereocenters. The monoisotopic (exact) mass is 492 g/mol. The van der Waals surface area contributed by atoms with Gasteiger partial charge in [-0.25, -0.2) is 0 Å². The molecule has 0 aromatic heterocycles. The molecule has 0 amide bonds. The van der Waals surface area contributed by atoms with Crippen molar-refractivity contribution in [1.29, 1.82) is 0 Å². The van der Waals surface area contributed by atoms with Gasteiger partial charge in [-0.15, -0.1) is 24.0 Å². The molecule has 2 aliphatic rings. The smallest absolute Gasteiger partial charge is 0.191 e. The SMILES string of the molecule is CCNC(=NCC(c1cccc(Cl)c1)N1CCOCC1)NCC1CC1.I. The minimum atomic E-state index is 0. The highest BCUT2D eigenvalue weighted by Crippen LogP contribution is 2.27. The fourth-order valence-electron chi connectivity index (χ4n) is 3.12. The van der Waals surface area contributed by atoms with E-state index >= 15 is 0 Å². The lowest BCUT2D eigenvalue weighted by molar-refractivity contribution is 0.0180. The Morgan fingerprint density at radius 3 is 2.73 bits per heavy atom. The van der Waals surface area contributed by atoms with E-state index in [2.05, 4.69) is 34.6 Å². The summed E-state index contributed by atoms with van der Waals surface area (Å²) < 4.78 is 5.52. The van der Waals surface area contributed by atoms with Crippen LogP contribution in [0.3, 0.4) is 0 Å². The zero-order valence-corrected chi connectivity index (χ0v) is 18.5. The molecular formula is C19H30ClIN4O. The van der Waals surface area contributed by atoms with Gasteiger partial charge in [0.25, 0.3) is 0 Å². The van der Waals surface area contributed by atoms with Crippen molar-refractivity contribution in [3.05, 3.63) is 34.9 Å². The number of aliphatic imine (C=N–C) groups is 1. The van der Waals surface area contributed by atoms with Gasteiger partial charge >= 0.3 is 0 Å². The highest BCUT2D eigenvalue weighted by atomic mass is 127. The number of nitrogens with zero attached hydrogens (tertiary/aromatic N) is 2. The van der Waals surface area contributed by atoms with E-state index in [-0.39, 0.29) is 30.0 Å². The van der Waals surface area contributed by atoms with Crippen molar-refractivity contribution in [3.8, 4) is 0 Å². The largest absolute Gasteiger partial charge is 0.379 e. The van der Waals surface area contributed by atoms with Crippen LogP contribution in [0, 0.1) is 5.92 Å². The number of morpholine rings is 1. The first kappa shape index (κ1) is 21.7. The molecule has 1 saturated heterocycles.